The minimum absolute atomic E-state index is 0.696. The lowest BCUT2D eigenvalue weighted by molar-refractivity contribution is 0.450. The highest BCUT2D eigenvalue weighted by atomic mass is 32.2. The molecule has 0 unspecified atom stereocenters. The van der Waals surface area contributed by atoms with Gasteiger partial charge in [-0.1, -0.05) is 49.1 Å². The Balaban J connectivity index is 2.35. The number of thioether (sulfide) groups is 1. The van der Waals surface area contributed by atoms with Crippen molar-refractivity contribution in [3.8, 4) is 5.75 Å². The lowest BCUT2D eigenvalue weighted by Crippen LogP contribution is -1.95. The summed E-state index contributed by atoms with van der Waals surface area (Å²) in [6, 6.07) is 14.2. The zero-order valence-electron chi connectivity index (χ0n) is 10.6. The molecule has 2 heteroatoms. The van der Waals surface area contributed by atoms with Crippen LogP contribution in [0.1, 0.15) is 6.92 Å². The molecule has 2 aromatic carbocycles. The maximum atomic E-state index is 5.89. The molecule has 0 saturated carbocycles. The Morgan fingerprint density at radius 2 is 1.89 bits per heavy atom. The van der Waals surface area contributed by atoms with Gasteiger partial charge in [-0.15, -0.1) is 11.8 Å². The molecule has 0 heterocycles. The van der Waals surface area contributed by atoms with E-state index in [4.69, 9.17) is 4.74 Å². The van der Waals surface area contributed by atoms with Gasteiger partial charge in [-0.3, -0.25) is 0 Å². The molecule has 0 aliphatic heterocycles. The van der Waals surface area contributed by atoms with Gasteiger partial charge in [0.2, 0.25) is 0 Å². The maximum Gasteiger partial charge on any atom is 0.135 e. The summed E-state index contributed by atoms with van der Waals surface area (Å²) in [5.41, 5.74) is 0. The van der Waals surface area contributed by atoms with Gasteiger partial charge in [0.05, 0.1) is 0 Å². The number of allylic oxidation sites excluding steroid dienone is 1. The standard InChI is InChI=1S/C16H16OS/c1-4-16(18-3)12(2)17-15-11-7-9-13-8-5-6-10-14(13)15/h4-11H,2H2,1,3H3. The predicted molar refractivity (Wildman–Crippen MR) is 81.0 cm³/mol. The fourth-order valence-corrected chi connectivity index (χ4v) is 2.37. The Morgan fingerprint density at radius 3 is 2.61 bits per heavy atom. The van der Waals surface area contributed by atoms with Gasteiger partial charge < -0.3 is 4.74 Å². The van der Waals surface area contributed by atoms with Crippen LogP contribution in [0.4, 0.5) is 0 Å². The molecule has 0 N–H and O–H groups in total. The summed E-state index contributed by atoms with van der Waals surface area (Å²) < 4.78 is 5.89. The van der Waals surface area contributed by atoms with Gasteiger partial charge in [-0.25, -0.2) is 0 Å². The Bertz CT molecular complexity index is 594. The third-order valence-electron chi connectivity index (χ3n) is 2.74. The van der Waals surface area contributed by atoms with Crippen molar-refractivity contribution in [2.24, 2.45) is 0 Å². The van der Waals surface area contributed by atoms with E-state index in [0.29, 0.717) is 5.76 Å². The Morgan fingerprint density at radius 1 is 1.17 bits per heavy atom. The average Bonchev–Trinajstić information content (AvgIpc) is 2.40. The molecule has 0 aromatic heterocycles. The highest BCUT2D eigenvalue weighted by molar-refractivity contribution is 8.02. The number of ether oxygens (including phenoxy) is 1. The van der Waals surface area contributed by atoms with Crippen molar-refractivity contribution in [3.63, 3.8) is 0 Å². The molecular weight excluding hydrogens is 240 g/mol. The van der Waals surface area contributed by atoms with E-state index in [1.54, 1.807) is 11.8 Å². The van der Waals surface area contributed by atoms with E-state index >= 15 is 0 Å². The Labute approximate surface area is 112 Å². The summed E-state index contributed by atoms with van der Waals surface area (Å²) in [5.74, 6) is 1.55. The largest absolute Gasteiger partial charge is 0.456 e. The second-order valence-corrected chi connectivity index (χ2v) is 4.71. The van der Waals surface area contributed by atoms with Gasteiger partial charge in [0.15, 0.2) is 0 Å². The van der Waals surface area contributed by atoms with Crippen LogP contribution in [-0.2, 0) is 0 Å². The zero-order chi connectivity index (χ0) is 13.0. The van der Waals surface area contributed by atoms with E-state index in [2.05, 4.69) is 24.8 Å². The number of hydrogen-bond donors (Lipinski definition) is 0. The highest BCUT2D eigenvalue weighted by Gasteiger charge is 2.06. The summed E-state index contributed by atoms with van der Waals surface area (Å²) in [4.78, 5) is 1.06. The Kier molecular flexibility index (Phi) is 4.11. The molecule has 0 aliphatic rings. The van der Waals surface area contributed by atoms with Gasteiger partial charge in [-0.05, 0) is 24.6 Å². The summed E-state index contributed by atoms with van der Waals surface area (Å²) in [5, 5.41) is 2.28. The van der Waals surface area contributed by atoms with Gasteiger partial charge >= 0.3 is 0 Å². The first-order valence-electron chi connectivity index (χ1n) is 5.81. The summed E-state index contributed by atoms with van der Waals surface area (Å²) in [7, 11) is 0. The second kappa shape index (κ2) is 5.78. The van der Waals surface area contributed by atoms with E-state index in [1.165, 1.54) is 5.39 Å². The lowest BCUT2D eigenvalue weighted by atomic mass is 10.1. The molecular formula is C16H16OS. The molecule has 0 bridgehead atoms. The normalized spacial score (nSPS) is 11.6. The van der Waals surface area contributed by atoms with Crippen LogP contribution < -0.4 is 4.74 Å². The third kappa shape index (κ3) is 2.59. The first-order valence-corrected chi connectivity index (χ1v) is 7.04. The molecule has 0 amide bonds. The predicted octanol–water partition coefficient (Wildman–Crippen LogP) is 5.00. The minimum Gasteiger partial charge on any atom is -0.456 e. The van der Waals surface area contributed by atoms with Crippen LogP contribution in [0.15, 0.2) is 65.8 Å². The fraction of sp³-hybridized carbons (Fsp3) is 0.125. The van der Waals surface area contributed by atoms with Gasteiger partial charge in [-0.2, -0.15) is 0 Å². The van der Waals surface area contributed by atoms with Crippen molar-refractivity contribution in [1.82, 2.24) is 0 Å². The fourth-order valence-electron chi connectivity index (χ4n) is 1.86. The van der Waals surface area contributed by atoms with Crippen LogP contribution in [0.3, 0.4) is 0 Å². The molecule has 0 aliphatic carbocycles. The van der Waals surface area contributed by atoms with Crippen LogP contribution in [0.5, 0.6) is 5.75 Å². The summed E-state index contributed by atoms with van der Waals surface area (Å²) in [6.07, 6.45) is 4.03. The van der Waals surface area contributed by atoms with E-state index in [0.717, 1.165) is 16.0 Å². The number of benzene rings is 2. The molecule has 18 heavy (non-hydrogen) atoms. The molecule has 0 atom stereocenters. The van der Waals surface area contributed by atoms with Crippen LogP contribution in [0, 0.1) is 0 Å². The number of hydrogen-bond acceptors (Lipinski definition) is 2. The Hall–Kier alpha value is -1.67. The summed E-state index contributed by atoms with van der Waals surface area (Å²) in [6.45, 7) is 5.98. The quantitative estimate of drug-likeness (QED) is 0.562. The molecule has 2 aromatic rings. The lowest BCUT2D eigenvalue weighted by Gasteiger charge is -2.12. The van der Waals surface area contributed by atoms with Crippen LogP contribution in [0.2, 0.25) is 0 Å². The molecule has 0 saturated heterocycles. The molecule has 1 nitrogen and oxygen atoms in total. The van der Waals surface area contributed by atoms with E-state index in [-0.39, 0.29) is 0 Å². The van der Waals surface area contributed by atoms with Crippen molar-refractivity contribution >= 4 is 22.5 Å². The molecule has 92 valence electrons. The first kappa shape index (κ1) is 12.8. The van der Waals surface area contributed by atoms with E-state index < -0.39 is 0 Å². The molecule has 0 spiro atoms. The van der Waals surface area contributed by atoms with Gasteiger partial charge in [0.25, 0.3) is 0 Å². The molecule has 0 fully saturated rings. The highest BCUT2D eigenvalue weighted by Crippen LogP contribution is 2.29. The van der Waals surface area contributed by atoms with Gasteiger partial charge in [0, 0.05) is 10.3 Å². The van der Waals surface area contributed by atoms with Crippen molar-refractivity contribution < 1.29 is 4.74 Å². The molecule has 0 radical (unpaired) electrons. The SMILES string of the molecule is C=C(Oc1cccc2ccccc12)C(=CC)SC. The van der Waals surface area contributed by atoms with Crippen LogP contribution >= 0.6 is 11.8 Å². The first-order chi connectivity index (χ1) is 8.76. The van der Waals surface area contributed by atoms with Crippen molar-refractivity contribution in [2.45, 2.75) is 6.92 Å². The second-order valence-electron chi connectivity index (χ2n) is 3.86. The van der Waals surface area contributed by atoms with Crippen molar-refractivity contribution in [2.75, 3.05) is 6.26 Å². The summed E-state index contributed by atoms with van der Waals surface area (Å²) >= 11 is 1.64. The van der Waals surface area contributed by atoms with Crippen molar-refractivity contribution in [3.05, 3.63) is 65.8 Å². The van der Waals surface area contributed by atoms with Gasteiger partial charge in [0.1, 0.15) is 11.5 Å². The average molecular weight is 256 g/mol. The smallest absolute Gasteiger partial charge is 0.135 e. The topological polar surface area (TPSA) is 9.23 Å². The van der Waals surface area contributed by atoms with E-state index in [9.17, 15) is 0 Å². The van der Waals surface area contributed by atoms with Crippen molar-refractivity contribution in [1.29, 1.82) is 0 Å². The van der Waals surface area contributed by atoms with Crippen LogP contribution in [0.25, 0.3) is 10.8 Å². The maximum absolute atomic E-state index is 5.89. The monoisotopic (exact) mass is 256 g/mol. The number of fused-ring (bicyclic) bond motifs is 1. The minimum atomic E-state index is 0.696. The third-order valence-corrected chi connectivity index (χ3v) is 3.64. The van der Waals surface area contributed by atoms with Crippen LogP contribution in [-0.4, -0.2) is 6.26 Å². The zero-order valence-corrected chi connectivity index (χ0v) is 11.5. The number of rotatable bonds is 4. The van der Waals surface area contributed by atoms with E-state index in [1.807, 2.05) is 43.5 Å². The molecule has 2 rings (SSSR count).